The predicted octanol–water partition coefficient (Wildman–Crippen LogP) is 3.46. The SMILES string of the molecule is CC(Oc1ccc2ccccc2c1)C(=O)NCCC1CCN(C)CC1. The van der Waals surface area contributed by atoms with Crippen LogP contribution in [0.3, 0.4) is 0 Å². The van der Waals surface area contributed by atoms with Crippen molar-refractivity contribution in [3.8, 4) is 5.75 Å². The smallest absolute Gasteiger partial charge is 0.260 e. The summed E-state index contributed by atoms with van der Waals surface area (Å²) in [5.41, 5.74) is 0. The number of nitrogens with zero attached hydrogens (tertiary/aromatic N) is 1. The fraction of sp³-hybridized carbons (Fsp3) is 0.476. The lowest BCUT2D eigenvalue weighted by molar-refractivity contribution is -0.127. The van der Waals surface area contributed by atoms with Crippen LogP contribution in [-0.4, -0.2) is 43.6 Å². The standard InChI is InChI=1S/C21H28N2O2/c1-16(21(24)22-12-9-17-10-13-23(2)14-11-17)25-20-8-7-18-5-3-4-6-19(18)15-20/h3-8,15-17H,9-14H2,1-2H3,(H,22,24). The third-order valence-electron chi connectivity index (χ3n) is 5.09. The number of amides is 1. The molecular weight excluding hydrogens is 312 g/mol. The molecule has 0 aromatic heterocycles. The molecule has 0 aliphatic carbocycles. The largest absolute Gasteiger partial charge is 0.481 e. The van der Waals surface area contributed by atoms with Crippen LogP contribution in [0.15, 0.2) is 42.5 Å². The van der Waals surface area contributed by atoms with E-state index in [1.54, 1.807) is 6.92 Å². The van der Waals surface area contributed by atoms with E-state index in [4.69, 9.17) is 4.74 Å². The zero-order valence-electron chi connectivity index (χ0n) is 15.2. The van der Waals surface area contributed by atoms with Crippen LogP contribution in [-0.2, 0) is 4.79 Å². The fourth-order valence-corrected chi connectivity index (χ4v) is 3.39. The van der Waals surface area contributed by atoms with Gasteiger partial charge in [-0.15, -0.1) is 0 Å². The van der Waals surface area contributed by atoms with E-state index in [9.17, 15) is 4.79 Å². The van der Waals surface area contributed by atoms with E-state index in [0.29, 0.717) is 0 Å². The molecule has 1 fully saturated rings. The predicted molar refractivity (Wildman–Crippen MR) is 102 cm³/mol. The molecule has 0 bridgehead atoms. The van der Waals surface area contributed by atoms with Gasteiger partial charge in [0.15, 0.2) is 6.10 Å². The van der Waals surface area contributed by atoms with Gasteiger partial charge in [-0.2, -0.15) is 0 Å². The van der Waals surface area contributed by atoms with E-state index in [-0.39, 0.29) is 5.91 Å². The van der Waals surface area contributed by atoms with Gasteiger partial charge in [-0.1, -0.05) is 30.3 Å². The van der Waals surface area contributed by atoms with Gasteiger partial charge in [0.1, 0.15) is 5.75 Å². The normalized spacial score (nSPS) is 17.4. The van der Waals surface area contributed by atoms with Crippen LogP contribution in [0.5, 0.6) is 5.75 Å². The van der Waals surface area contributed by atoms with Crippen LogP contribution in [0.4, 0.5) is 0 Å². The Labute approximate surface area is 150 Å². The number of likely N-dealkylation sites (tertiary alicyclic amines) is 1. The Morgan fingerprint density at radius 3 is 2.68 bits per heavy atom. The number of rotatable bonds is 6. The lowest BCUT2D eigenvalue weighted by Crippen LogP contribution is -2.38. The quantitative estimate of drug-likeness (QED) is 0.876. The van der Waals surface area contributed by atoms with Crippen LogP contribution < -0.4 is 10.1 Å². The third-order valence-corrected chi connectivity index (χ3v) is 5.09. The van der Waals surface area contributed by atoms with Crippen molar-refractivity contribution in [1.29, 1.82) is 0 Å². The monoisotopic (exact) mass is 340 g/mol. The molecule has 3 rings (SSSR count). The van der Waals surface area contributed by atoms with Gasteiger partial charge in [-0.3, -0.25) is 4.79 Å². The van der Waals surface area contributed by atoms with Crippen molar-refractivity contribution in [3.63, 3.8) is 0 Å². The zero-order valence-corrected chi connectivity index (χ0v) is 15.2. The van der Waals surface area contributed by atoms with E-state index >= 15 is 0 Å². The first-order valence-corrected chi connectivity index (χ1v) is 9.23. The summed E-state index contributed by atoms with van der Waals surface area (Å²) < 4.78 is 5.82. The molecule has 25 heavy (non-hydrogen) atoms. The number of carbonyl (C=O) groups excluding carboxylic acids is 1. The van der Waals surface area contributed by atoms with E-state index in [1.165, 1.54) is 31.3 Å². The number of ether oxygens (including phenoxy) is 1. The minimum atomic E-state index is -0.487. The number of piperidine rings is 1. The van der Waals surface area contributed by atoms with Crippen molar-refractivity contribution >= 4 is 16.7 Å². The highest BCUT2D eigenvalue weighted by Crippen LogP contribution is 2.22. The van der Waals surface area contributed by atoms with Crippen molar-refractivity contribution in [2.75, 3.05) is 26.7 Å². The molecule has 1 unspecified atom stereocenters. The van der Waals surface area contributed by atoms with Gasteiger partial charge in [0, 0.05) is 6.54 Å². The molecule has 2 aromatic carbocycles. The molecule has 1 aliphatic heterocycles. The Hall–Kier alpha value is -2.07. The molecule has 1 amide bonds. The maximum atomic E-state index is 12.3. The maximum absolute atomic E-state index is 12.3. The van der Waals surface area contributed by atoms with Gasteiger partial charge >= 0.3 is 0 Å². The fourth-order valence-electron chi connectivity index (χ4n) is 3.39. The molecule has 0 spiro atoms. The average Bonchev–Trinajstić information content (AvgIpc) is 2.63. The van der Waals surface area contributed by atoms with Crippen LogP contribution in [0.1, 0.15) is 26.2 Å². The summed E-state index contributed by atoms with van der Waals surface area (Å²) in [6, 6.07) is 14.1. The van der Waals surface area contributed by atoms with Crippen molar-refractivity contribution in [1.82, 2.24) is 10.2 Å². The van der Waals surface area contributed by atoms with Gasteiger partial charge in [0.05, 0.1) is 0 Å². The van der Waals surface area contributed by atoms with Gasteiger partial charge in [0.25, 0.3) is 5.91 Å². The Bertz CT molecular complexity index is 708. The topological polar surface area (TPSA) is 41.6 Å². The zero-order chi connectivity index (χ0) is 17.6. The van der Waals surface area contributed by atoms with E-state index in [2.05, 4.69) is 29.4 Å². The Morgan fingerprint density at radius 1 is 1.20 bits per heavy atom. The van der Waals surface area contributed by atoms with Crippen LogP contribution in [0.25, 0.3) is 10.8 Å². The summed E-state index contributed by atoms with van der Waals surface area (Å²) in [6.07, 6.45) is 3.03. The summed E-state index contributed by atoms with van der Waals surface area (Å²) in [4.78, 5) is 14.6. The third kappa shape index (κ3) is 4.95. The van der Waals surface area contributed by atoms with Crippen LogP contribution >= 0.6 is 0 Å². The highest BCUT2D eigenvalue weighted by Gasteiger charge is 2.18. The first kappa shape index (κ1) is 17.7. The van der Waals surface area contributed by atoms with Crippen molar-refractivity contribution < 1.29 is 9.53 Å². The first-order valence-electron chi connectivity index (χ1n) is 9.23. The van der Waals surface area contributed by atoms with E-state index < -0.39 is 6.10 Å². The number of nitrogens with one attached hydrogen (secondary N) is 1. The molecule has 0 saturated carbocycles. The summed E-state index contributed by atoms with van der Waals surface area (Å²) in [6.45, 7) is 4.87. The molecule has 1 atom stereocenters. The Morgan fingerprint density at radius 2 is 1.92 bits per heavy atom. The van der Waals surface area contributed by atoms with Gasteiger partial charge < -0.3 is 15.0 Å². The second-order valence-corrected chi connectivity index (χ2v) is 7.10. The second kappa shape index (κ2) is 8.34. The number of hydrogen-bond donors (Lipinski definition) is 1. The molecule has 2 aromatic rings. The molecule has 1 aliphatic rings. The van der Waals surface area contributed by atoms with E-state index in [1.807, 2.05) is 30.3 Å². The molecule has 1 saturated heterocycles. The minimum absolute atomic E-state index is 0.0407. The summed E-state index contributed by atoms with van der Waals surface area (Å²) >= 11 is 0. The number of fused-ring (bicyclic) bond motifs is 1. The Balaban J connectivity index is 1.45. The van der Waals surface area contributed by atoms with Crippen molar-refractivity contribution in [2.45, 2.75) is 32.3 Å². The lowest BCUT2D eigenvalue weighted by Gasteiger charge is -2.29. The number of hydrogen-bond acceptors (Lipinski definition) is 3. The minimum Gasteiger partial charge on any atom is -0.481 e. The molecule has 4 heteroatoms. The summed E-state index contributed by atoms with van der Waals surface area (Å²) in [5, 5.41) is 5.31. The summed E-state index contributed by atoms with van der Waals surface area (Å²) in [5.74, 6) is 1.42. The number of carbonyl (C=O) groups is 1. The highest BCUT2D eigenvalue weighted by atomic mass is 16.5. The molecule has 1 N–H and O–H groups in total. The highest BCUT2D eigenvalue weighted by molar-refractivity contribution is 5.84. The maximum Gasteiger partial charge on any atom is 0.260 e. The summed E-state index contributed by atoms with van der Waals surface area (Å²) in [7, 11) is 2.17. The molecule has 134 valence electrons. The molecule has 4 nitrogen and oxygen atoms in total. The van der Waals surface area contributed by atoms with E-state index in [0.717, 1.165) is 30.0 Å². The lowest BCUT2D eigenvalue weighted by atomic mass is 9.94. The van der Waals surface area contributed by atoms with Crippen LogP contribution in [0, 0.1) is 5.92 Å². The van der Waals surface area contributed by atoms with Gasteiger partial charge in [-0.05, 0) is 75.1 Å². The average molecular weight is 340 g/mol. The van der Waals surface area contributed by atoms with Crippen molar-refractivity contribution in [3.05, 3.63) is 42.5 Å². The van der Waals surface area contributed by atoms with Gasteiger partial charge in [-0.25, -0.2) is 0 Å². The second-order valence-electron chi connectivity index (χ2n) is 7.10. The first-order chi connectivity index (χ1) is 12.1. The molecule has 0 radical (unpaired) electrons. The molecular formula is C21H28N2O2. The molecule has 1 heterocycles. The van der Waals surface area contributed by atoms with Gasteiger partial charge in [0.2, 0.25) is 0 Å². The van der Waals surface area contributed by atoms with Crippen molar-refractivity contribution in [2.24, 2.45) is 5.92 Å². The Kier molecular flexibility index (Phi) is 5.92. The van der Waals surface area contributed by atoms with Crippen LogP contribution in [0.2, 0.25) is 0 Å². The number of benzene rings is 2.